The Kier molecular flexibility index (Phi) is 10.1. The number of hydrogen-bond acceptors (Lipinski definition) is 8. The first-order valence-electron chi connectivity index (χ1n) is 17.1. The van der Waals surface area contributed by atoms with Crippen molar-refractivity contribution in [2.45, 2.75) is 78.7 Å². The maximum absolute atomic E-state index is 12.8. The predicted molar refractivity (Wildman–Crippen MR) is 187 cm³/mol. The number of carbonyl (C=O) groups is 4. The van der Waals surface area contributed by atoms with Gasteiger partial charge in [-0.3, -0.25) is 19.2 Å². The number of esters is 1. The molecule has 0 saturated heterocycles. The number of rotatable bonds is 7. The molecule has 6 rings (SSSR count). The Bertz CT molecular complexity index is 1730. The second-order valence-corrected chi connectivity index (χ2v) is 14.4. The first kappa shape index (κ1) is 35.8. The molecular formula is C41H48O8. The second-order valence-electron chi connectivity index (χ2n) is 14.4. The van der Waals surface area contributed by atoms with Crippen LogP contribution in [0.3, 0.4) is 0 Å². The molecule has 49 heavy (non-hydrogen) atoms. The van der Waals surface area contributed by atoms with Crippen LogP contribution in [0.4, 0.5) is 0 Å². The molecule has 0 aliphatic heterocycles. The van der Waals surface area contributed by atoms with Gasteiger partial charge < -0.3 is 19.3 Å². The number of carbonyl (C=O) groups excluding carboxylic acids is 4. The number of ketones is 3. The Hall–Kier alpha value is -4.46. The highest BCUT2D eigenvalue weighted by molar-refractivity contribution is 6.10. The molecule has 1 N–H and O–H groups in total. The van der Waals surface area contributed by atoms with E-state index in [0.29, 0.717) is 36.3 Å². The Balaban J connectivity index is 0.000000200. The van der Waals surface area contributed by atoms with Gasteiger partial charge >= 0.3 is 5.97 Å². The number of ether oxygens (including phenoxy) is 3. The van der Waals surface area contributed by atoms with E-state index in [1.54, 1.807) is 19.1 Å². The summed E-state index contributed by atoms with van der Waals surface area (Å²) in [7, 11) is 2.91. The molecule has 0 radical (unpaired) electrons. The van der Waals surface area contributed by atoms with Crippen molar-refractivity contribution in [1.82, 2.24) is 0 Å². The summed E-state index contributed by atoms with van der Waals surface area (Å²) in [6.07, 6.45) is 12.3. The molecule has 8 nitrogen and oxygen atoms in total. The average molecular weight is 669 g/mol. The summed E-state index contributed by atoms with van der Waals surface area (Å²) >= 11 is 0. The third-order valence-corrected chi connectivity index (χ3v) is 11.8. The summed E-state index contributed by atoms with van der Waals surface area (Å²) in [6.45, 7) is 9.63. The summed E-state index contributed by atoms with van der Waals surface area (Å²) < 4.78 is 16.0. The summed E-state index contributed by atoms with van der Waals surface area (Å²) in [6, 6.07) is 12.4. The van der Waals surface area contributed by atoms with Gasteiger partial charge in [0.2, 0.25) is 0 Å². The molecule has 4 aliphatic rings. The quantitative estimate of drug-likeness (QED) is 0.180. The number of methoxy groups -OCH3 is 2. The van der Waals surface area contributed by atoms with Crippen molar-refractivity contribution in [3.63, 3.8) is 0 Å². The van der Waals surface area contributed by atoms with Gasteiger partial charge in [0.05, 0.1) is 14.2 Å². The van der Waals surface area contributed by atoms with Crippen molar-refractivity contribution in [3.05, 3.63) is 83.0 Å². The van der Waals surface area contributed by atoms with Gasteiger partial charge in [-0.25, -0.2) is 0 Å². The number of aromatic hydroxyl groups is 1. The lowest BCUT2D eigenvalue weighted by molar-refractivity contribution is -0.185. The molecule has 260 valence electrons. The molecule has 0 aromatic heterocycles. The van der Waals surface area contributed by atoms with Gasteiger partial charge in [0.15, 0.2) is 23.0 Å². The highest BCUT2D eigenvalue weighted by Crippen LogP contribution is 2.67. The number of fused-ring (bicyclic) bond motifs is 5. The zero-order valence-corrected chi connectivity index (χ0v) is 29.6. The number of Topliss-reactive ketones (excluding diaryl/α,β-unsaturated/α-hetero) is 1. The number of phenols is 1. The number of phenolic OH excluding ortho intramolecular Hbond substituents is 1. The van der Waals surface area contributed by atoms with Crippen LogP contribution in [-0.4, -0.2) is 48.2 Å². The van der Waals surface area contributed by atoms with Crippen molar-refractivity contribution in [2.75, 3.05) is 14.2 Å². The third kappa shape index (κ3) is 6.38. The van der Waals surface area contributed by atoms with E-state index in [-0.39, 0.29) is 51.2 Å². The van der Waals surface area contributed by atoms with Crippen LogP contribution < -0.4 is 9.47 Å². The molecule has 0 heterocycles. The molecule has 6 unspecified atom stereocenters. The fourth-order valence-corrected chi connectivity index (χ4v) is 9.40. The Labute approximate surface area is 289 Å². The highest BCUT2D eigenvalue weighted by Gasteiger charge is 2.67. The van der Waals surface area contributed by atoms with Gasteiger partial charge in [0.25, 0.3) is 0 Å². The topological polar surface area (TPSA) is 116 Å². The maximum Gasteiger partial charge on any atom is 0.303 e. The standard InChI is InChI=1S/C24H32O4.C17H16O4/c1-14-12-18-19(22(4)9-6-17(27)13-21(14)22)7-10-23(5)20(18)8-11-24(23,15(2)25)28-16(3)26;1-20-13-10-15(19)17(16(11-13)21-2)14(18)9-8-12-6-4-3-5-7-12/h12-13,18-20H,6-11H2,1-5H3;3-11,19H,1-2H3. The maximum atomic E-state index is 12.8. The largest absolute Gasteiger partial charge is 0.507 e. The summed E-state index contributed by atoms with van der Waals surface area (Å²) in [5.41, 5.74) is 2.17. The normalized spacial score (nSPS) is 30.0. The fraction of sp³-hybridized carbons (Fsp3) is 0.463. The lowest BCUT2D eigenvalue weighted by Crippen LogP contribution is -2.58. The summed E-state index contributed by atoms with van der Waals surface area (Å²) in [5, 5.41) is 9.99. The Morgan fingerprint density at radius 3 is 2.27 bits per heavy atom. The van der Waals surface area contributed by atoms with Crippen LogP contribution in [0.15, 0.2) is 71.8 Å². The molecule has 0 spiro atoms. The molecular weight excluding hydrogens is 620 g/mol. The Morgan fingerprint density at radius 1 is 0.939 bits per heavy atom. The van der Waals surface area contributed by atoms with Gasteiger partial charge in [0.1, 0.15) is 22.8 Å². The smallest absolute Gasteiger partial charge is 0.303 e. The van der Waals surface area contributed by atoms with Crippen LogP contribution in [0.25, 0.3) is 6.08 Å². The van der Waals surface area contributed by atoms with Crippen molar-refractivity contribution >= 4 is 29.4 Å². The fourth-order valence-electron chi connectivity index (χ4n) is 9.40. The van der Waals surface area contributed by atoms with Crippen LogP contribution in [0, 0.1) is 28.6 Å². The minimum atomic E-state index is -0.990. The molecule has 2 saturated carbocycles. The van der Waals surface area contributed by atoms with Crippen molar-refractivity contribution in [2.24, 2.45) is 28.6 Å². The highest BCUT2D eigenvalue weighted by atomic mass is 16.6. The minimum Gasteiger partial charge on any atom is -0.507 e. The van der Waals surface area contributed by atoms with E-state index >= 15 is 0 Å². The van der Waals surface area contributed by atoms with Crippen molar-refractivity contribution in [1.29, 1.82) is 0 Å². The molecule has 2 aromatic carbocycles. The van der Waals surface area contributed by atoms with Gasteiger partial charge in [-0.05, 0) is 92.4 Å². The van der Waals surface area contributed by atoms with E-state index in [1.165, 1.54) is 44.4 Å². The zero-order valence-electron chi connectivity index (χ0n) is 29.6. The molecule has 8 heteroatoms. The number of hydrogen-bond donors (Lipinski definition) is 1. The van der Waals surface area contributed by atoms with Crippen LogP contribution in [0.1, 0.15) is 89.1 Å². The van der Waals surface area contributed by atoms with E-state index in [9.17, 15) is 24.3 Å². The number of allylic oxidation sites excluding steroid dienone is 5. The Morgan fingerprint density at radius 2 is 1.63 bits per heavy atom. The zero-order chi connectivity index (χ0) is 35.7. The van der Waals surface area contributed by atoms with Gasteiger partial charge in [-0.1, -0.05) is 61.9 Å². The van der Waals surface area contributed by atoms with E-state index in [1.807, 2.05) is 36.4 Å². The van der Waals surface area contributed by atoms with Crippen LogP contribution in [0.2, 0.25) is 0 Å². The van der Waals surface area contributed by atoms with Gasteiger partial charge in [0, 0.05) is 30.9 Å². The molecule has 2 aromatic rings. The molecule has 6 atom stereocenters. The van der Waals surface area contributed by atoms with Gasteiger partial charge in [-0.15, -0.1) is 0 Å². The summed E-state index contributed by atoms with van der Waals surface area (Å²) in [5.74, 6) is 1.22. The lowest BCUT2D eigenvalue weighted by atomic mass is 9.47. The van der Waals surface area contributed by atoms with Crippen molar-refractivity contribution < 1.29 is 38.5 Å². The van der Waals surface area contributed by atoms with Crippen LogP contribution in [0.5, 0.6) is 17.2 Å². The predicted octanol–water partition coefficient (Wildman–Crippen LogP) is 7.88. The third-order valence-electron chi connectivity index (χ3n) is 11.8. The molecule has 4 aliphatic carbocycles. The summed E-state index contributed by atoms with van der Waals surface area (Å²) in [4.78, 5) is 49.0. The number of benzene rings is 2. The van der Waals surface area contributed by atoms with E-state index in [2.05, 4.69) is 26.8 Å². The van der Waals surface area contributed by atoms with Crippen LogP contribution >= 0.6 is 0 Å². The first-order valence-corrected chi connectivity index (χ1v) is 17.1. The molecule has 0 amide bonds. The average Bonchev–Trinajstić information content (AvgIpc) is 3.37. The molecule has 2 fully saturated rings. The van der Waals surface area contributed by atoms with Gasteiger partial charge in [-0.2, -0.15) is 0 Å². The lowest BCUT2D eigenvalue weighted by Gasteiger charge is -2.58. The van der Waals surface area contributed by atoms with Crippen molar-refractivity contribution in [3.8, 4) is 17.2 Å². The van der Waals surface area contributed by atoms with Crippen LogP contribution in [-0.2, 0) is 19.1 Å². The van der Waals surface area contributed by atoms with E-state index < -0.39 is 5.60 Å². The van der Waals surface area contributed by atoms with E-state index in [4.69, 9.17) is 14.2 Å². The second kappa shape index (κ2) is 13.8. The van der Waals surface area contributed by atoms with E-state index in [0.717, 1.165) is 31.2 Å². The minimum absolute atomic E-state index is 0.0160. The monoisotopic (exact) mass is 668 g/mol. The first-order chi connectivity index (χ1) is 23.2. The SMILES string of the molecule is CC(=O)OC1(C(C)=O)CCC2C3C=C(C)C4=CC(=O)CCC4(C)C3CCC21C.COc1cc(O)c(C(=O)C=Cc2ccccc2)c(OC)c1. The molecule has 0 bridgehead atoms.